The number of aromatic amines is 1. The van der Waals surface area contributed by atoms with Crippen LogP contribution in [0.2, 0.25) is 0 Å². The van der Waals surface area contributed by atoms with Crippen molar-refractivity contribution in [3.63, 3.8) is 0 Å². The van der Waals surface area contributed by atoms with Crippen molar-refractivity contribution < 1.29 is 4.79 Å². The minimum atomic E-state index is -0.774. The van der Waals surface area contributed by atoms with Crippen molar-refractivity contribution in [3.8, 4) is 0 Å². The highest BCUT2D eigenvalue weighted by Gasteiger charge is 2.14. The average Bonchev–Trinajstić information content (AvgIpc) is 2.59. The Labute approximate surface area is 85.9 Å². The van der Waals surface area contributed by atoms with Crippen LogP contribution in [0.15, 0.2) is 30.3 Å². The van der Waals surface area contributed by atoms with E-state index in [0.717, 1.165) is 10.9 Å². The zero-order valence-corrected chi connectivity index (χ0v) is 8.08. The molecule has 0 bridgehead atoms. The van der Waals surface area contributed by atoms with Crippen molar-refractivity contribution in [2.45, 2.75) is 6.04 Å². The molecule has 0 radical (unpaired) electrons. The van der Waals surface area contributed by atoms with Gasteiger partial charge in [-0.2, -0.15) is 0 Å². The van der Waals surface area contributed by atoms with Gasteiger partial charge in [-0.15, -0.1) is 0 Å². The molecule has 0 aliphatic heterocycles. The molecular weight excluding hydrogens is 200 g/mol. The topological polar surface area (TPSA) is 58.9 Å². The number of carbonyl (C=O) groups excluding carboxylic acids is 1. The summed E-state index contributed by atoms with van der Waals surface area (Å²) < 4.78 is 0. The Hall–Kier alpha value is -1.32. The van der Waals surface area contributed by atoms with Gasteiger partial charge in [0.2, 0.25) is 5.24 Å². The van der Waals surface area contributed by atoms with E-state index >= 15 is 0 Å². The van der Waals surface area contributed by atoms with Crippen LogP contribution in [0, 0.1) is 0 Å². The molecule has 2 rings (SSSR count). The van der Waals surface area contributed by atoms with E-state index in [1.54, 1.807) is 0 Å². The molecule has 0 aliphatic carbocycles. The highest BCUT2D eigenvalue weighted by molar-refractivity contribution is 6.64. The van der Waals surface area contributed by atoms with Crippen LogP contribution in [0.5, 0.6) is 0 Å². The van der Waals surface area contributed by atoms with E-state index < -0.39 is 11.3 Å². The number of para-hydroxylation sites is 1. The summed E-state index contributed by atoms with van der Waals surface area (Å²) >= 11 is 5.31. The predicted octanol–water partition coefficient (Wildman–Crippen LogP) is 1.93. The maximum Gasteiger partial charge on any atom is 0.244 e. The van der Waals surface area contributed by atoms with Crippen molar-refractivity contribution in [2.75, 3.05) is 0 Å². The SMILES string of the molecule is NC(C(=O)Cl)c1cc2ccccc2[nH]1. The Kier molecular flexibility index (Phi) is 2.27. The van der Waals surface area contributed by atoms with Crippen LogP contribution in [0.25, 0.3) is 10.9 Å². The van der Waals surface area contributed by atoms with Crippen LogP contribution in [-0.2, 0) is 4.79 Å². The third-order valence-corrected chi connectivity index (χ3v) is 2.37. The Bertz CT molecular complexity index is 445. The molecule has 0 saturated heterocycles. The maximum absolute atomic E-state index is 10.8. The van der Waals surface area contributed by atoms with E-state index in [1.807, 2.05) is 30.3 Å². The summed E-state index contributed by atoms with van der Waals surface area (Å²) in [6.45, 7) is 0. The van der Waals surface area contributed by atoms with Crippen molar-refractivity contribution in [2.24, 2.45) is 5.73 Å². The average molecular weight is 209 g/mol. The van der Waals surface area contributed by atoms with Crippen LogP contribution >= 0.6 is 11.6 Å². The standard InChI is InChI=1S/C10H9ClN2O/c11-10(14)9(12)8-5-6-3-1-2-4-7(6)13-8/h1-5,9,13H,12H2. The minimum Gasteiger partial charge on any atom is -0.357 e. The third-order valence-electron chi connectivity index (χ3n) is 2.13. The van der Waals surface area contributed by atoms with Crippen LogP contribution in [0.4, 0.5) is 0 Å². The third kappa shape index (κ3) is 1.52. The van der Waals surface area contributed by atoms with Gasteiger partial charge in [-0.05, 0) is 29.1 Å². The van der Waals surface area contributed by atoms with Gasteiger partial charge in [-0.25, -0.2) is 0 Å². The largest absolute Gasteiger partial charge is 0.357 e. The molecule has 4 heteroatoms. The van der Waals surface area contributed by atoms with Gasteiger partial charge in [0.15, 0.2) is 0 Å². The van der Waals surface area contributed by atoms with Crippen molar-refractivity contribution in [3.05, 3.63) is 36.0 Å². The molecule has 1 aromatic heterocycles. The van der Waals surface area contributed by atoms with Crippen LogP contribution in [0.1, 0.15) is 11.7 Å². The van der Waals surface area contributed by atoms with Gasteiger partial charge in [0.1, 0.15) is 6.04 Å². The second kappa shape index (κ2) is 3.44. The number of rotatable bonds is 2. The first-order chi connectivity index (χ1) is 6.68. The lowest BCUT2D eigenvalue weighted by molar-refractivity contribution is -0.112. The van der Waals surface area contributed by atoms with E-state index in [0.29, 0.717) is 5.69 Å². The summed E-state index contributed by atoms with van der Waals surface area (Å²) in [6.07, 6.45) is 0. The molecule has 0 spiro atoms. The maximum atomic E-state index is 10.8. The van der Waals surface area contributed by atoms with E-state index in [9.17, 15) is 4.79 Å². The molecule has 0 saturated carbocycles. The van der Waals surface area contributed by atoms with Gasteiger partial charge in [-0.3, -0.25) is 4.79 Å². The first-order valence-electron chi connectivity index (χ1n) is 4.21. The van der Waals surface area contributed by atoms with Crippen molar-refractivity contribution in [1.82, 2.24) is 4.98 Å². The van der Waals surface area contributed by atoms with Gasteiger partial charge < -0.3 is 10.7 Å². The smallest absolute Gasteiger partial charge is 0.244 e. The summed E-state index contributed by atoms with van der Waals surface area (Å²) in [5.74, 6) is 0. The molecule has 14 heavy (non-hydrogen) atoms. The fourth-order valence-electron chi connectivity index (χ4n) is 1.39. The van der Waals surface area contributed by atoms with Gasteiger partial charge in [0, 0.05) is 11.2 Å². The molecule has 0 amide bonds. The van der Waals surface area contributed by atoms with Crippen LogP contribution in [0.3, 0.4) is 0 Å². The summed E-state index contributed by atoms with van der Waals surface area (Å²) in [5, 5.41) is 0.465. The van der Waals surface area contributed by atoms with E-state index in [2.05, 4.69) is 4.98 Å². The van der Waals surface area contributed by atoms with E-state index in [1.165, 1.54) is 0 Å². The van der Waals surface area contributed by atoms with Gasteiger partial charge >= 0.3 is 0 Å². The molecule has 1 unspecified atom stereocenters. The Morgan fingerprint density at radius 2 is 2.14 bits per heavy atom. The van der Waals surface area contributed by atoms with E-state index in [-0.39, 0.29) is 0 Å². The molecule has 1 heterocycles. The highest BCUT2D eigenvalue weighted by atomic mass is 35.5. The molecule has 0 aliphatic rings. The quantitative estimate of drug-likeness (QED) is 0.741. The summed E-state index contributed by atoms with van der Waals surface area (Å²) in [6, 6.07) is 8.76. The second-order valence-corrected chi connectivity index (χ2v) is 3.47. The number of fused-ring (bicyclic) bond motifs is 1. The fourth-order valence-corrected chi connectivity index (χ4v) is 1.50. The molecule has 3 N–H and O–H groups in total. The lowest BCUT2D eigenvalue weighted by atomic mass is 10.2. The summed E-state index contributed by atoms with van der Waals surface area (Å²) in [5.41, 5.74) is 7.19. The molecular formula is C10H9ClN2O. The molecule has 1 atom stereocenters. The second-order valence-electron chi connectivity index (χ2n) is 3.09. The van der Waals surface area contributed by atoms with E-state index in [4.69, 9.17) is 17.3 Å². The monoisotopic (exact) mass is 208 g/mol. The lowest BCUT2D eigenvalue weighted by Crippen LogP contribution is -2.16. The van der Waals surface area contributed by atoms with Crippen molar-refractivity contribution in [1.29, 1.82) is 0 Å². The molecule has 1 aromatic carbocycles. The molecule has 2 aromatic rings. The number of carbonyl (C=O) groups is 1. The van der Waals surface area contributed by atoms with Crippen molar-refractivity contribution >= 4 is 27.7 Å². The molecule has 0 fully saturated rings. The molecule has 72 valence electrons. The van der Waals surface area contributed by atoms with Crippen LogP contribution < -0.4 is 5.73 Å². The first-order valence-corrected chi connectivity index (χ1v) is 4.59. The Balaban J connectivity index is 2.50. The number of H-pyrrole nitrogens is 1. The number of aromatic nitrogens is 1. The summed E-state index contributed by atoms with van der Waals surface area (Å²) in [4.78, 5) is 13.9. The predicted molar refractivity (Wildman–Crippen MR) is 56.1 cm³/mol. The Morgan fingerprint density at radius 3 is 2.79 bits per heavy atom. The van der Waals surface area contributed by atoms with Gasteiger partial charge in [0.05, 0.1) is 0 Å². The highest BCUT2D eigenvalue weighted by Crippen LogP contribution is 2.19. The van der Waals surface area contributed by atoms with Crippen LogP contribution in [-0.4, -0.2) is 10.2 Å². The number of benzene rings is 1. The zero-order chi connectivity index (χ0) is 10.1. The first kappa shape index (κ1) is 9.24. The molecule has 3 nitrogen and oxygen atoms in total. The van der Waals surface area contributed by atoms with Gasteiger partial charge in [0.25, 0.3) is 0 Å². The summed E-state index contributed by atoms with van der Waals surface area (Å²) in [7, 11) is 0. The fraction of sp³-hybridized carbons (Fsp3) is 0.100. The number of halogens is 1. The normalized spacial score (nSPS) is 13.0. The lowest BCUT2D eigenvalue weighted by Gasteiger charge is -2.01. The number of hydrogen-bond donors (Lipinski definition) is 2. The minimum absolute atomic E-state index is 0.559. The number of nitrogens with one attached hydrogen (secondary N) is 1. The zero-order valence-electron chi connectivity index (χ0n) is 7.33. The number of nitrogens with two attached hydrogens (primary N) is 1. The Morgan fingerprint density at radius 1 is 1.43 bits per heavy atom. The van der Waals surface area contributed by atoms with Gasteiger partial charge in [-0.1, -0.05) is 18.2 Å². The number of hydrogen-bond acceptors (Lipinski definition) is 2.